The van der Waals surface area contributed by atoms with E-state index < -0.39 is 21.3 Å². The molecule has 0 aliphatic rings. The fourth-order valence-electron chi connectivity index (χ4n) is 0.539. The molecule has 0 unspecified atom stereocenters. The van der Waals surface area contributed by atoms with Crippen molar-refractivity contribution in [2.75, 3.05) is 5.75 Å². The zero-order chi connectivity index (χ0) is 9.83. The second-order valence-corrected chi connectivity index (χ2v) is 4.51. The van der Waals surface area contributed by atoms with Gasteiger partial charge in [0.05, 0.1) is 11.6 Å². The van der Waals surface area contributed by atoms with Crippen molar-refractivity contribution < 1.29 is 8.42 Å². The molecule has 0 heterocycles. The third-order valence-corrected chi connectivity index (χ3v) is 2.36. The molecule has 1 N–H and O–H groups in total. The van der Waals surface area contributed by atoms with Crippen LogP contribution in [0.15, 0.2) is 0 Å². The number of sulfonamides is 1. The summed E-state index contributed by atoms with van der Waals surface area (Å²) in [4.78, 5) is 0. The first-order valence-electron chi connectivity index (χ1n) is 3.19. The van der Waals surface area contributed by atoms with Gasteiger partial charge in [0.1, 0.15) is 0 Å². The maximum atomic E-state index is 11.0. The lowest BCUT2D eigenvalue weighted by molar-refractivity contribution is 0.542. The van der Waals surface area contributed by atoms with Crippen LogP contribution in [-0.2, 0) is 10.0 Å². The van der Waals surface area contributed by atoms with Crippen LogP contribution >= 0.6 is 0 Å². The molecule has 0 atom stereocenters. The van der Waals surface area contributed by atoms with Gasteiger partial charge in [-0.3, -0.25) is 0 Å². The highest BCUT2D eigenvalue weighted by molar-refractivity contribution is 7.89. The minimum Gasteiger partial charge on any atom is -0.211 e. The van der Waals surface area contributed by atoms with Gasteiger partial charge in [0.15, 0.2) is 5.75 Å². The number of nitrogens with zero attached hydrogens (tertiary/aromatic N) is 1. The SMILES string of the molecule is C#CC(C)(C)NS(=O)(=O)CC#N. The van der Waals surface area contributed by atoms with E-state index in [4.69, 9.17) is 11.7 Å². The summed E-state index contributed by atoms with van der Waals surface area (Å²) < 4.78 is 24.1. The van der Waals surface area contributed by atoms with Crippen molar-refractivity contribution >= 4 is 10.0 Å². The molecule has 0 bridgehead atoms. The fraction of sp³-hybridized carbons (Fsp3) is 0.571. The first-order chi connectivity index (χ1) is 5.33. The van der Waals surface area contributed by atoms with Crippen molar-refractivity contribution in [2.45, 2.75) is 19.4 Å². The van der Waals surface area contributed by atoms with Crippen LogP contribution in [0.25, 0.3) is 0 Å². The van der Waals surface area contributed by atoms with Gasteiger partial charge in [-0.15, -0.1) is 6.42 Å². The Morgan fingerprint density at radius 3 is 2.42 bits per heavy atom. The van der Waals surface area contributed by atoms with Crippen molar-refractivity contribution in [1.82, 2.24) is 4.72 Å². The Balaban J connectivity index is 4.51. The third-order valence-electron chi connectivity index (χ3n) is 1.03. The van der Waals surface area contributed by atoms with E-state index in [9.17, 15) is 8.42 Å². The molecule has 66 valence electrons. The summed E-state index contributed by atoms with van der Waals surface area (Å²) in [5, 5.41) is 8.15. The maximum absolute atomic E-state index is 11.0. The zero-order valence-electron chi connectivity index (χ0n) is 6.96. The Kier molecular flexibility index (Phi) is 3.26. The first-order valence-corrected chi connectivity index (χ1v) is 4.84. The van der Waals surface area contributed by atoms with Crippen LogP contribution in [0.3, 0.4) is 0 Å². The average Bonchev–Trinajstić information content (AvgIpc) is 1.85. The Hall–Kier alpha value is -1.04. The highest BCUT2D eigenvalue weighted by atomic mass is 32.2. The molecule has 5 heteroatoms. The molecule has 0 saturated carbocycles. The van der Waals surface area contributed by atoms with E-state index in [-0.39, 0.29) is 0 Å². The van der Waals surface area contributed by atoms with Gasteiger partial charge in [-0.25, -0.2) is 8.42 Å². The van der Waals surface area contributed by atoms with Crippen LogP contribution in [0, 0.1) is 23.7 Å². The van der Waals surface area contributed by atoms with Crippen molar-refractivity contribution in [3.05, 3.63) is 0 Å². The van der Waals surface area contributed by atoms with Gasteiger partial charge in [0.2, 0.25) is 10.0 Å². The van der Waals surface area contributed by atoms with Crippen molar-refractivity contribution in [2.24, 2.45) is 0 Å². The number of nitriles is 1. The van der Waals surface area contributed by atoms with E-state index in [0.29, 0.717) is 0 Å². The molecule has 0 fully saturated rings. The molecule has 0 aromatic rings. The summed E-state index contributed by atoms with van der Waals surface area (Å²) in [6.45, 7) is 3.09. The van der Waals surface area contributed by atoms with Crippen LogP contribution in [0.4, 0.5) is 0 Å². The molecule has 4 nitrogen and oxygen atoms in total. The van der Waals surface area contributed by atoms with E-state index in [1.165, 1.54) is 6.07 Å². The average molecular weight is 186 g/mol. The van der Waals surface area contributed by atoms with Gasteiger partial charge in [0.25, 0.3) is 0 Å². The lowest BCUT2D eigenvalue weighted by Crippen LogP contribution is -2.42. The number of hydrogen-bond acceptors (Lipinski definition) is 3. The molecule has 0 aliphatic heterocycles. The van der Waals surface area contributed by atoms with Crippen LogP contribution < -0.4 is 4.72 Å². The van der Waals surface area contributed by atoms with Crippen LogP contribution in [0.5, 0.6) is 0 Å². The van der Waals surface area contributed by atoms with E-state index in [2.05, 4.69) is 10.6 Å². The minimum absolute atomic E-state index is 0.571. The van der Waals surface area contributed by atoms with Gasteiger partial charge < -0.3 is 0 Å². The monoisotopic (exact) mass is 186 g/mol. The Labute approximate surface area is 72.6 Å². The first kappa shape index (κ1) is 11.0. The highest BCUT2D eigenvalue weighted by Crippen LogP contribution is 2.01. The highest BCUT2D eigenvalue weighted by Gasteiger charge is 2.21. The fourth-order valence-corrected chi connectivity index (χ4v) is 1.62. The van der Waals surface area contributed by atoms with Crippen molar-refractivity contribution in [3.63, 3.8) is 0 Å². The van der Waals surface area contributed by atoms with Gasteiger partial charge in [0, 0.05) is 0 Å². The molecule has 0 aromatic heterocycles. The second kappa shape index (κ2) is 3.57. The largest absolute Gasteiger partial charge is 0.226 e. The van der Waals surface area contributed by atoms with E-state index in [0.717, 1.165) is 0 Å². The summed E-state index contributed by atoms with van der Waals surface area (Å²) in [5.74, 6) is 1.68. The quantitative estimate of drug-likeness (QED) is 0.623. The molecule has 12 heavy (non-hydrogen) atoms. The molecule has 0 aromatic carbocycles. The van der Waals surface area contributed by atoms with Crippen LogP contribution in [-0.4, -0.2) is 19.7 Å². The third kappa shape index (κ3) is 3.97. The van der Waals surface area contributed by atoms with Gasteiger partial charge >= 0.3 is 0 Å². The van der Waals surface area contributed by atoms with Crippen LogP contribution in [0.2, 0.25) is 0 Å². The summed E-state index contributed by atoms with van der Waals surface area (Å²) in [7, 11) is -3.56. The van der Waals surface area contributed by atoms with Gasteiger partial charge in [-0.05, 0) is 13.8 Å². The molecule has 0 rings (SSSR count). The predicted octanol–water partition coefficient (Wildman–Crippen LogP) is -0.159. The summed E-state index contributed by atoms with van der Waals surface area (Å²) in [6, 6.07) is 1.54. The van der Waals surface area contributed by atoms with Gasteiger partial charge in [-0.1, -0.05) is 5.92 Å². The Bertz CT molecular complexity index is 329. The molecule has 0 saturated heterocycles. The Morgan fingerprint density at radius 2 is 2.08 bits per heavy atom. The summed E-state index contributed by atoms with van der Waals surface area (Å²) in [5.41, 5.74) is -0.935. The lowest BCUT2D eigenvalue weighted by atomic mass is 10.1. The number of hydrogen-bond donors (Lipinski definition) is 1. The van der Waals surface area contributed by atoms with Crippen molar-refractivity contribution in [3.8, 4) is 18.4 Å². The topological polar surface area (TPSA) is 70.0 Å². The zero-order valence-corrected chi connectivity index (χ0v) is 7.77. The standard InChI is InChI=1S/C7H10N2O2S/c1-4-7(2,3)9-12(10,11)6-5-8/h1,9H,6H2,2-3H3. The predicted molar refractivity (Wildman–Crippen MR) is 45.4 cm³/mol. The maximum Gasteiger partial charge on any atom is 0.226 e. The van der Waals surface area contributed by atoms with E-state index >= 15 is 0 Å². The number of nitrogens with one attached hydrogen (secondary N) is 1. The molecule has 0 amide bonds. The number of terminal acetylenes is 1. The molecular formula is C7H10N2O2S. The lowest BCUT2D eigenvalue weighted by Gasteiger charge is -2.17. The molecule has 0 radical (unpaired) electrons. The molecular weight excluding hydrogens is 176 g/mol. The van der Waals surface area contributed by atoms with Gasteiger partial charge in [-0.2, -0.15) is 9.98 Å². The van der Waals surface area contributed by atoms with E-state index in [1.54, 1.807) is 13.8 Å². The normalized spacial score (nSPS) is 11.7. The van der Waals surface area contributed by atoms with Crippen molar-refractivity contribution in [1.29, 1.82) is 5.26 Å². The molecule has 0 aliphatic carbocycles. The minimum atomic E-state index is -3.56. The molecule has 0 spiro atoms. The summed E-state index contributed by atoms with van der Waals surface area (Å²) >= 11 is 0. The smallest absolute Gasteiger partial charge is 0.211 e. The second-order valence-electron chi connectivity index (χ2n) is 2.79. The summed E-state index contributed by atoms with van der Waals surface area (Å²) in [6.07, 6.45) is 5.05. The number of rotatable bonds is 3. The Morgan fingerprint density at radius 1 is 1.58 bits per heavy atom. The van der Waals surface area contributed by atoms with E-state index in [1.807, 2.05) is 0 Å². The van der Waals surface area contributed by atoms with Crippen LogP contribution in [0.1, 0.15) is 13.8 Å².